The van der Waals surface area contributed by atoms with E-state index in [0.717, 1.165) is 0 Å². The summed E-state index contributed by atoms with van der Waals surface area (Å²) in [7, 11) is -4.56. The third-order valence-electron chi connectivity index (χ3n) is 2.05. The molecule has 0 aliphatic heterocycles. The van der Waals surface area contributed by atoms with Gasteiger partial charge >= 0.3 is 10.4 Å². The molecule has 84 valence electrons. The summed E-state index contributed by atoms with van der Waals surface area (Å²) < 4.78 is 34.2. The fourth-order valence-corrected chi connectivity index (χ4v) is 1.82. The Hall–Kier alpha value is -1.79. The Morgan fingerprint density at radius 1 is 1.00 bits per heavy atom. The van der Waals surface area contributed by atoms with E-state index < -0.39 is 10.4 Å². The van der Waals surface area contributed by atoms with E-state index in [1.807, 2.05) is 0 Å². The van der Waals surface area contributed by atoms with Crippen LogP contribution in [0, 0.1) is 0 Å². The Balaban J connectivity index is 2.67. The summed E-state index contributed by atoms with van der Waals surface area (Å²) in [5.74, 6) is -0.0193. The van der Waals surface area contributed by atoms with Crippen LogP contribution in [0.4, 0.5) is 0 Å². The lowest BCUT2D eigenvalue weighted by Gasteiger charge is -2.06. The summed E-state index contributed by atoms with van der Waals surface area (Å²) in [6.07, 6.45) is 0. The summed E-state index contributed by atoms with van der Waals surface area (Å²) in [6.45, 7) is 0. The van der Waals surface area contributed by atoms with Crippen LogP contribution in [-0.4, -0.2) is 18.1 Å². The topological polar surface area (TPSA) is 83.8 Å². The van der Waals surface area contributed by atoms with Crippen LogP contribution in [-0.2, 0) is 10.4 Å². The maximum absolute atomic E-state index is 10.6. The highest BCUT2D eigenvalue weighted by Crippen LogP contribution is 2.31. The van der Waals surface area contributed by atoms with Gasteiger partial charge in [-0.2, -0.15) is 8.42 Å². The third-order valence-corrected chi connectivity index (χ3v) is 2.44. The molecule has 5 nitrogen and oxygen atoms in total. The van der Waals surface area contributed by atoms with Crippen LogP contribution in [0.25, 0.3) is 10.8 Å². The maximum Gasteiger partial charge on any atom is 0.446 e. The molecule has 0 bridgehead atoms. The second-order valence-electron chi connectivity index (χ2n) is 3.14. The highest BCUT2D eigenvalue weighted by atomic mass is 32.3. The molecule has 6 heteroatoms. The van der Waals surface area contributed by atoms with E-state index in [2.05, 4.69) is 4.18 Å². The molecule has 2 rings (SSSR count). The summed E-state index contributed by atoms with van der Waals surface area (Å²) in [4.78, 5) is 0. The van der Waals surface area contributed by atoms with Crippen LogP contribution in [0.3, 0.4) is 0 Å². The van der Waals surface area contributed by atoms with Gasteiger partial charge in [-0.05, 0) is 12.1 Å². The molecule has 0 saturated carbocycles. The summed E-state index contributed by atoms with van der Waals surface area (Å²) in [5.41, 5.74) is 0. The minimum absolute atomic E-state index is 0.0123. The number of phenols is 1. The molecule has 16 heavy (non-hydrogen) atoms. The van der Waals surface area contributed by atoms with Crippen molar-refractivity contribution in [2.45, 2.75) is 0 Å². The van der Waals surface area contributed by atoms with Crippen molar-refractivity contribution in [3.05, 3.63) is 36.4 Å². The Bertz CT molecular complexity index is 633. The molecule has 0 amide bonds. The van der Waals surface area contributed by atoms with Gasteiger partial charge in [-0.25, -0.2) is 0 Å². The lowest BCUT2D eigenvalue weighted by Crippen LogP contribution is -2.06. The quantitative estimate of drug-likeness (QED) is 0.781. The van der Waals surface area contributed by atoms with Gasteiger partial charge in [0.05, 0.1) is 0 Å². The Labute approximate surface area is 91.9 Å². The van der Waals surface area contributed by atoms with Crippen molar-refractivity contribution in [1.29, 1.82) is 0 Å². The number of fused-ring (bicyclic) bond motifs is 1. The molecule has 2 aromatic rings. The van der Waals surface area contributed by atoms with Crippen LogP contribution >= 0.6 is 0 Å². The van der Waals surface area contributed by atoms with E-state index in [0.29, 0.717) is 10.8 Å². The van der Waals surface area contributed by atoms with Gasteiger partial charge < -0.3 is 9.29 Å². The van der Waals surface area contributed by atoms with Crippen molar-refractivity contribution in [3.63, 3.8) is 0 Å². The largest absolute Gasteiger partial charge is 0.507 e. The average molecular weight is 240 g/mol. The molecule has 2 N–H and O–H groups in total. The first kappa shape index (κ1) is 10.7. The van der Waals surface area contributed by atoms with Gasteiger partial charge in [-0.1, -0.05) is 24.3 Å². The first-order valence-corrected chi connectivity index (χ1v) is 5.71. The van der Waals surface area contributed by atoms with Gasteiger partial charge in [0.2, 0.25) is 0 Å². The van der Waals surface area contributed by atoms with Gasteiger partial charge in [-0.15, -0.1) is 0 Å². The Morgan fingerprint density at radius 2 is 1.62 bits per heavy atom. The molecule has 0 aromatic heterocycles. The minimum atomic E-state index is -4.56. The maximum atomic E-state index is 10.6. The number of hydrogen-bond acceptors (Lipinski definition) is 4. The molecular weight excluding hydrogens is 232 g/mol. The fourth-order valence-electron chi connectivity index (χ4n) is 1.45. The van der Waals surface area contributed by atoms with E-state index in [1.54, 1.807) is 18.2 Å². The number of hydrogen-bond donors (Lipinski definition) is 2. The van der Waals surface area contributed by atoms with Crippen LogP contribution in [0.5, 0.6) is 11.5 Å². The van der Waals surface area contributed by atoms with Crippen LogP contribution in [0.1, 0.15) is 0 Å². The molecule has 0 unspecified atom stereocenters. The second kappa shape index (κ2) is 3.66. The lowest BCUT2D eigenvalue weighted by atomic mass is 10.1. The highest BCUT2D eigenvalue weighted by molar-refractivity contribution is 7.81. The van der Waals surface area contributed by atoms with E-state index in [9.17, 15) is 13.5 Å². The summed E-state index contributed by atoms with van der Waals surface area (Å²) in [6, 6.07) is 9.11. The number of phenolic OH excluding ortho intramolecular Hbond substituents is 1. The van der Waals surface area contributed by atoms with E-state index in [1.165, 1.54) is 18.2 Å². The zero-order valence-corrected chi connectivity index (χ0v) is 8.81. The summed E-state index contributed by atoms with van der Waals surface area (Å²) >= 11 is 0. The van der Waals surface area contributed by atoms with Crippen molar-refractivity contribution in [1.82, 2.24) is 0 Å². The number of rotatable bonds is 2. The van der Waals surface area contributed by atoms with Gasteiger partial charge in [0.15, 0.2) is 5.75 Å². The molecule has 0 spiro atoms. The second-order valence-corrected chi connectivity index (χ2v) is 4.16. The number of benzene rings is 2. The van der Waals surface area contributed by atoms with Crippen molar-refractivity contribution >= 4 is 21.2 Å². The first-order valence-electron chi connectivity index (χ1n) is 4.35. The van der Waals surface area contributed by atoms with E-state index >= 15 is 0 Å². The van der Waals surface area contributed by atoms with Gasteiger partial charge in [-0.3, -0.25) is 4.55 Å². The predicted molar refractivity (Wildman–Crippen MR) is 57.8 cm³/mol. The SMILES string of the molecule is O=S(=O)(O)Oc1cccc2c(O)cccc12. The van der Waals surface area contributed by atoms with Crippen molar-refractivity contribution in [3.8, 4) is 11.5 Å². The molecule has 2 aromatic carbocycles. The zero-order chi connectivity index (χ0) is 11.8. The van der Waals surface area contributed by atoms with Crippen molar-refractivity contribution in [2.24, 2.45) is 0 Å². The molecular formula is C10H8O5S. The minimum Gasteiger partial charge on any atom is -0.507 e. The average Bonchev–Trinajstić information content (AvgIpc) is 2.17. The molecule has 0 aliphatic rings. The van der Waals surface area contributed by atoms with Gasteiger partial charge in [0.25, 0.3) is 0 Å². The zero-order valence-electron chi connectivity index (χ0n) is 7.99. The fraction of sp³-hybridized carbons (Fsp3) is 0. The van der Waals surface area contributed by atoms with E-state index in [4.69, 9.17) is 4.55 Å². The molecule has 0 heterocycles. The predicted octanol–water partition coefficient (Wildman–Crippen LogP) is 1.73. The number of aromatic hydroxyl groups is 1. The monoisotopic (exact) mass is 240 g/mol. The molecule has 0 saturated heterocycles. The van der Waals surface area contributed by atoms with Crippen molar-refractivity contribution in [2.75, 3.05) is 0 Å². The lowest BCUT2D eigenvalue weighted by molar-refractivity contribution is 0.388. The third kappa shape index (κ3) is 2.07. The Morgan fingerprint density at radius 3 is 2.31 bits per heavy atom. The van der Waals surface area contributed by atoms with Crippen LogP contribution in [0.2, 0.25) is 0 Å². The molecule has 0 radical (unpaired) electrons. The molecule has 0 fully saturated rings. The standard InChI is InChI=1S/C10H8O5S/c11-9-5-1-4-8-7(9)3-2-6-10(8)15-16(12,13)14/h1-6,11H,(H,12,13,14). The normalized spacial score (nSPS) is 11.6. The molecule has 0 aliphatic carbocycles. The summed E-state index contributed by atoms with van der Waals surface area (Å²) in [5, 5.41) is 10.4. The Kier molecular flexibility index (Phi) is 2.45. The van der Waals surface area contributed by atoms with Gasteiger partial charge in [0, 0.05) is 10.8 Å². The van der Waals surface area contributed by atoms with Crippen LogP contribution < -0.4 is 4.18 Å². The van der Waals surface area contributed by atoms with Crippen molar-refractivity contribution < 1.29 is 22.3 Å². The molecule has 0 atom stereocenters. The first-order chi connectivity index (χ1) is 7.47. The van der Waals surface area contributed by atoms with Gasteiger partial charge in [0.1, 0.15) is 5.75 Å². The van der Waals surface area contributed by atoms with Crippen LogP contribution in [0.15, 0.2) is 36.4 Å². The smallest absolute Gasteiger partial charge is 0.446 e. The highest BCUT2D eigenvalue weighted by Gasteiger charge is 2.11. The van der Waals surface area contributed by atoms with E-state index in [-0.39, 0.29) is 11.5 Å².